The second-order valence-corrected chi connectivity index (χ2v) is 25.6. The zero-order valence-corrected chi connectivity index (χ0v) is 45.9. The van der Waals surface area contributed by atoms with Crippen molar-refractivity contribution in [1.82, 2.24) is 0 Å². The highest BCUT2D eigenvalue weighted by molar-refractivity contribution is 7.86. The van der Waals surface area contributed by atoms with E-state index in [4.69, 9.17) is 8.92 Å². The van der Waals surface area contributed by atoms with Crippen LogP contribution in [0.4, 0.5) is 11.4 Å². The molecule has 0 aromatic heterocycles. The van der Waals surface area contributed by atoms with Crippen LogP contribution in [-0.4, -0.2) is 101 Å². The maximum absolute atomic E-state index is 12.2. The van der Waals surface area contributed by atoms with Crippen LogP contribution in [0.3, 0.4) is 0 Å². The number of allylic oxidation sites excluding steroid dienone is 9. The van der Waals surface area contributed by atoms with E-state index >= 15 is 0 Å². The minimum atomic E-state index is -4.48. The van der Waals surface area contributed by atoms with Gasteiger partial charge in [0.15, 0.2) is 5.71 Å². The largest absolute Gasteiger partial charge is 0.485 e. The Morgan fingerprint density at radius 2 is 1.49 bits per heavy atom. The second kappa shape index (κ2) is 22.4. The van der Waals surface area contributed by atoms with Gasteiger partial charge < -0.3 is 14.7 Å². The average Bonchev–Trinajstić information content (AvgIpc) is 3.73. The lowest BCUT2D eigenvalue weighted by Crippen LogP contribution is -2.28. The van der Waals surface area contributed by atoms with Gasteiger partial charge in [-0.25, -0.2) is 0 Å². The van der Waals surface area contributed by atoms with Gasteiger partial charge in [0, 0.05) is 60.3 Å². The van der Waals surface area contributed by atoms with Crippen LogP contribution in [0.25, 0.3) is 21.5 Å². The Balaban J connectivity index is 1.23. The van der Waals surface area contributed by atoms with Crippen molar-refractivity contribution in [2.75, 3.05) is 30.3 Å². The Kier molecular flexibility index (Phi) is 16.7. The monoisotopic (exact) mass is 1120 g/mol. The van der Waals surface area contributed by atoms with Crippen molar-refractivity contribution >= 4 is 86.3 Å². The molecule has 2 unspecified atom stereocenters. The third-order valence-electron chi connectivity index (χ3n) is 14.6. The SMILES string of the molecule is CC1(C)C(/C=C/C2=C(OC3C=CC(CCC(=O)O)=CC3)C(=C/C=C3/N(CCCCS(=O)(=O)O)c4ccc5cc(S(=O)(=O)O)ccc5c4C3(C)C)/CCC2)=[N+](CCCCOS(=O)O)c2ccc3cc(S(=O)(=O)O)ccc3c21. The van der Waals surface area contributed by atoms with Crippen LogP contribution in [0.15, 0.2) is 141 Å². The zero-order chi connectivity index (χ0) is 55.0. The molecule has 0 spiro atoms. The number of ether oxygens (including phenoxy) is 1. The van der Waals surface area contributed by atoms with Gasteiger partial charge in [0.2, 0.25) is 5.69 Å². The molecular weight excluding hydrogens is 1060 g/mol. The standard InChI is InChI=1S/C55H62N2O15S4/c1-54(2)48(56(30-5-7-32-71-73(60)61)46-25-15-39-34-42(75(65,66)67)21-23-44(39)51(46)54)27-17-37-10-9-11-38(53(37)72-41-19-12-36(13-20-41)14-29-50(58)59)18-28-49-55(3,4)52-45-24-22-43(76(68,69)70)35-40(45)16-26-47(52)57(49)31-6-8-33-74(62,63)64/h12-13,15-19,21-28,34-35,41H,5-11,14,20,29-33H2,1-4H3,(H4-,58,59,60,61,62,63,64,65,66,67,68,69,70)/p+1. The fourth-order valence-electron chi connectivity index (χ4n) is 11.1. The highest BCUT2D eigenvalue weighted by atomic mass is 32.2. The number of carbonyl (C=O) groups is 1. The molecule has 8 rings (SSSR count). The third-order valence-corrected chi connectivity index (χ3v) is 17.5. The van der Waals surface area contributed by atoms with E-state index in [0.29, 0.717) is 74.6 Å². The third kappa shape index (κ3) is 12.5. The highest BCUT2D eigenvalue weighted by Crippen LogP contribution is 2.52. The molecule has 4 aromatic rings. The van der Waals surface area contributed by atoms with Gasteiger partial charge in [0.05, 0.1) is 27.6 Å². The Hall–Kier alpha value is -5.62. The number of unbranched alkanes of at least 4 members (excludes halogenated alkanes) is 2. The molecule has 21 heteroatoms. The van der Waals surface area contributed by atoms with Crippen LogP contribution in [-0.2, 0) is 66.3 Å². The molecule has 2 aliphatic heterocycles. The molecule has 2 aliphatic carbocycles. The number of anilines is 1. The normalized spacial score (nSPS) is 20.1. The Labute approximate surface area is 446 Å². The maximum atomic E-state index is 12.2. The minimum Gasteiger partial charge on any atom is -0.485 e. The van der Waals surface area contributed by atoms with Crippen LogP contribution >= 0.6 is 0 Å². The number of hydrogen-bond acceptors (Lipinski definition) is 11. The first-order chi connectivity index (χ1) is 35.7. The number of carboxylic acids is 1. The fraction of sp³-hybridized carbons (Fsp3) is 0.382. The number of nitrogens with zero attached hydrogens (tertiary/aromatic N) is 2. The van der Waals surface area contributed by atoms with Gasteiger partial charge in [-0.1, -0.05) is 55.8 Å². The molecule has 0 bridgehead atoms. The van der Waals surface area contributed by atoms with Gasteiger partial charge >= 0.3 is 17.3 Å². The molecule has 2 atom stereocenters. The molecule has 0 amide bonds. The summed E-state index contributed by atoms with van der Waals surface area (Å²) in [4.78, 5) is 13.1. The minimum absolute atomic E-state index is 0.00264. The van der Waals surface area contributed by atoms with Crippen LogP contribution in [0.5, 0.6) is 0 Å². The Morgan fingerprint density at radius 3 is 2.11 bits per heavy atom. The molecular formula is C55H63N2O15S4+. The predicted molar refractivity (Wildman–Crippen MR) is 292 cm³/mol. The topological polar surface area (TPSA) is 262 Å². The molecule has 0 saturated carbocycles. The summed E-state index contributed by atoms with van der Waals surface area (Å²) < 4.78 is 136. The lowest BCUT2D eigenvalue weighted by molar-refractivity contribution is -0.438. The van der Waals surface area contributed by atoms with Crippen molar-refractivity contribution in [2.45, 2.75) is 119 Å². The van der Waals surface area contributed by atoms with Crippen molar-refractivity contribution in [1.29, 1.82) is 0 Å². The van der Waals surface area contributed by atoms with Crippen LogP contribution in [0.2, 0.25) is 0 Å². The predicted octanol–water partition coefficient (Wildman–Crippen LogP) is 10.2. The summed E-state index contributed by atoms with van der Waals surface area (Å²) in [5, 5.41) is 12.2. The van der Waals surface area contributed by atoms with E-state index < -0.39 is 70.4 Å². The molecule has 0 fully saturated rings. The molecule has 4 aliphatic rings. The van der Waals surface area contributed by atoms with E-state index in [1.54, 1.807) is 18.2 Å². The van der Waals surface area contributed by atoms with Gasteiger partial charge in [0.25, 0.3) is 30.4 Å². The van der Waals surface area contributed by atoms with Gasteiger partial charge in [-0.15, -0.1) is 0 Å². The average molecular weight is 1120 g/mol. The van der Waals surface area contributed by atoms with Crippen LogP contribution < -0.4 is 4.90 Å². The van der Waals surface area contributed by atoms with E-state index in [1.807, 2.05) is 36.4 Å². The van der Waals surface area contributed by atoms with Crippen LogP contribution in [0.1, 0.15) is 103 Å². The summed E-state index contributed by atoms with van der Waals surface area (Å²) in [6.45, 7) is 9.30. The zero-order valence-electron chi connectivity index (χ0n) is 42.6. The first kappa shape index (κ1) is 56.6. The smallest absolute Gasteiger partial charge is 0.303 e. The summed E-state index contributed by atoms with van der Waals surface area (Å²) in [6, 6.07) is 16.5. The van der Waals surface area contributed by atoms with Gasteiger partial charge in [0.1, 0.15) is 18.4 Å². The number of benzene rings is 4. The maximum Gasteiger partial charge on any atom is 0.303 e. The number of hydrogen-bond donors (Lipinski definition) is 5. The van der Waals surface area contributed by atoms with Crippen molar-refractivity contribution in [3.63, 3.8) is 0 Å². The van der Waals surface area contributed by atoms with Crippen LogP contribution in [0, 0.1) is 0 Å². The molecule has 2 heterocycles. The van der Waals surface area contributed by atoms with Gasteiger partial charge in [-0.05, 0) is 152 Å². The number of fused-ring (bicyclic) bond motifs is 6. The fourth-order valence-corrected chi connectivity index (χ4v) is 12.9. The summed E-state index contributed by atoms with van der Waals surface area (Å²) in [6.07, 6.45) is 18.4. The molecule has 406 valence electrons. The van der Waals surface area contributed by atoms with Gasteiger partial charge in [-0.3, -0.25) is 27.2 Å². The number of carboxylic acid groups (broad SMARTS) is 1. The summed E-state index contributed by atoms with van der Waals surface area (Å²) in [5.74, 6) is -0.616. The molecule has 5 N–H and O–H groups in total. The quantitative estimate of drug-likeness (QED) is 0.0225. The first-order valence-electron chi connectivity index (χ1n) is 25.0. The lowest BCUT2D eigenvalue weighted by atomic mass is 9.78. The molecule has 4 aromatic carbocycles. The van der Waals surface area contributed by atoms with Crippen molar-refractivity contribution in [3.8, 4) is 0 Å². The molecule has 76 heavy (non-hydrogen) atoms. The lowest BCUT2D eigenvalue weighted by Gasteiger charge is -2.28. The number of rotatable bonds is 21. The summed E-state index contributed by atoms with van der Waals surface area (Å²) >= 11 is -2.40. The highest BCUT2D eigenvalue weighted by Gasteiger charge is 2.46. The van der Waals surface area contributed by atoms with Gasteiger partial charge in [-0.2, -0.15) is 34.0 Å². The first-order valence-corrected chi connectivity index (χ1v) is 30.6. The summed E-state index contributed by atoms with van der Waals surface area (Å²) in [5.41, 5.74) is 6.80. The van der Waals surface area contributed by atoms with Crippen molar-refractivity contribution < 1.29 is 71.1 Å². The van der Waals surface area contributed by atoms with E-state index in [0.717, 1.165) is 67.8 Å². The number of aliphatic carboxylic acids is 1. The second-order valence-electron chi connectivity index (χ2n) is 20.5. The van der Waals surface area contributed by atoms with E-state index in [-0.39, 0.29) is 29.2 Å². The molecule has 0 radical (unpaired) electrons. The van der Waals surface area contributed by atoms with Crippen molar-refractivity contribution in [2.24, 2.45) is 0 Å². The summed E-state index contributed by atoms with van der Waals surface area (Å²) in [7, 11) is -13.2. The Morgan fingerprint density at radius 1 is 0.816 bits per heavy atom. The van der Waals surface area contributed by atoms with E-state index in [9.17, 15) is 57.6 Å². The molecule has 0 saturated heterocycles. The van der Waals surface area contributed by atoms with E-state index in [1.165, 1.54) is 24.3 Å². The van der Waals surface area contributed by atoms with E-state index in [2.05, 4.69) is 61.5 Å². The Bertz CT molecular complexity index is 3600. The molecule has 17 nitrogen and oxygen atoms in total. The van der Waals surface area contributed by atoms with Crippen molar-refractivity contribution in [3.05, 3.63) is 142 Å².